The predicted molar refractivity (Wildman–Crippen MR) is 238 cm³/mol. The summed E-state index contributed by atoms with van der Waals surface area (Å²) in [6.07, 6.45) is 0. The third-order valence-corrected chi connectivity index (χ3v) is 12.0. The van der Waals surface area contributed by atoms with E-state index in [0.29, 0.717) is 0 Å². The molecule has 11 rings (SSSR count). The lowest BCUT2D eigenvalue weighted by molar-refractivity contribution is 0.488. The summed E-state index contributed by atoms with van der Waals surface area (Å²) in [4.78, 5) is 2.39. The quantitative estimate of drug-likeness (QED) is 0.175. The molecule has 0 atom stereocenters. The first-order valence-corrected chi connectivity index (χ1v) is 19.7. The van der Waals surface area contributed by atoms with Crippen LogP contribution in [0.15, 0.2) is 200 Å². The largest absolute Gasteiger partial charge is 0.456 e. The lowest BCUT2D eigenvalue weighted by atomic mass is 9.82. The van der Waals surface area contributed by atoms with Gasteiger partial charge in [0, 0.05) is 39.7 Å². The lowest BCUT2D eigenvalue weighted by Gasteiger charge is -2.29. The molecule has 2 heteroatoms. The standard InChI is InChI=1S/C55H39NO/c1-55(2)51-23-12-11-22-45(51)46-28-25-43(34-52(46)55)56(42-21-13-20-38(30-42)36-14-5-3-6-15-36)44-26-29-48-50-32-40-19-10-9-18-39(40)31-49(50)47-27-24-41(37-16-7-4-8-17-37)33-53(47)57-54(48)35-44/h3-35H,1-2H3. The Labute approximate surface area is 333 Å². The fourth-order valence-electron chi connectivity index (χ4n) is 9.13. The minimum atomic E-state index is -0.136. The molecule has 2 nitrogen and oxygen atoms in total. The molecule has 270 valence electrons. The molecule has 0 radical (unpaired) electrons. The third kappa shape index (κ3) is 5.48. The van der Waals surface area contributed by atoms with Gasteiger partial charge < -0.3 is 9.64 Å². The van der Waals surface area contributed by atoms with Crippen molar-refractivity contribution in [3.05, 3.63) is 211 Å². The molecule has 0 saturated heterocycles. The summed E-state index contributed by atoms with van der Waals surface area (Å²) in [5, 5.41) is 2.41. The van der Waals surface area contributed by atoms with Crippen LogP contribution in [0, 0.1) is 0 Å². The summed E-state index contributed by atoms with van der Waals surface area (Å²) < 4.78 is 7.15. The van der Waals surface area contributed by atoms with E-state index in [-0.39, 0.29) is 5.41 Å². The normalized spacial score (nSPS) is 13.0. The van der Waals surface area contributed by atoms with Crippen LogP contribution in [0.2, 0.25) is 0 Å². The molecule has 0 saturated carbocycles. The molecule has 0 unspecified atom stereocenters. The first-order valence-electron chi connectivity index (χ1n) is 19.7. The van der Waals surface area contributed by atoms with E-state index in [9.17, 15) is 0 Å². The molecule has 57 heavy (non-hydrogen) atoms. The Morgan fingerprint density at radius 3 is 1.54 bits per heavy atom. The maximum absolute atomic E-state index is 7.15. The smallest absolute Gasteiger partial charge is 0.137 e. The van der Waals surface area contributed by atoms with E-state index >= 15 is 0 Å². The van der Waals surface area contributed by atoms with Gasteiger partial charge in [-0.05, 0) is 127 Å². The van der Waals surface area contributed by atoms with Crippen LogP contribution in [0.4, 0.5) is 17.1 Å². The van der Waals surface area contributed by atoms with Crippen LogP contribution in [0.5, 0.6) is 11.5 Å². The molecule has 0 aromatic heterocycles. The van der Waals surface area contributed by atoms with Gasteiger partial charge in [0.05, 0.1) is 0 Å². The Balaban J connectivity index is 1.12. The van der Waals surface area contributed by atoms with Crippen molar-refractivity contribution in [1.82, 2.24) is 0 Å². The molecule has 2 aliphatic rings. The van der Waals surface area contributed by atoms with E-state index in [4.69, 9.17) is 4.74 Å². The maximum Gasteiger partial charge on any atom is 0.137 e. The Bertz CT molecular complexity index is 3020. The van der Waals surface area contributed by atoms with E-state index in [1.165, 1.54) is 49.7 Å². The number of benzene rings is 9. The van der Waals surface area contributed by atoms with Crippen molar-refractivity contribution in [2.45, 2.75) is 19.3 Å². The van der Waals surface area contributed by atoms with E-state index in [0.717, 1.165) is 56.4 Å². The second kappa shape index (κ2) is 13.0. The lowest BCUT2D eigenvalue weighted by Crippen LogP contribution is -2.16. The summed E-state index contributed by atoms with van der Waals surface area (Å²) in [5.74, 6) is 1.67. The Morgan fingerprint density at radius 1 is 0.333 bits per heavy atom. The number of hydrogen-bond donors (Lipinski definition) is 0. The third-order valence-electron chi connectivity index (χ3n) is 12.0. The van der Waals surface area contributed by atoms with Crippen molar-refractivity contribution in [3.8, 4) is 67.1 Å². The number of fused-ring (bicyclic) bond motifs is 9. The van der Waals surface area contributed by atoms with Gasteiger partial charge in [-0.1, -0.05) is 147 Å². The number of rotatable bonds is 5. The second-order valence-corrected chi connectivity index (χ2v) is 15.8. The highest BCUT2D eigenvalue weighted by Gasteiger charge is 2.36. The Hall–Kier alpha value is -7.16. The van der Waals surface area contributed by atoms with Crippen LogP contribution in [0.3, 0.4) is 0 Å². The number of ether oxygens (including phenoxy) is 1. The topological polar surface area (TPSA) is 12.5 Å². The summed E-state index contributed by atoms with van der Waals surface area (Å²) in [6.45, 7) is 4.70. The minimum Gasteiger partial charge on any atom is -0.456 e. The van der Waals surface area contributed by atoms with Crippen LogP contribution < -0.4 is 9.64 Å². The van der Waals surface area contributed by atoms with Crippen molar-refractivity contribution in [1.29, 1.82) is 0 Å². The first-order chi connectivity index (χ1) is 28.0. The van der Waals surface area contributed by atoms with Crippen LogP contribution in [0.25, 0.3) is 66.4 Å². The zero-order valence-corrected chi connectivity index (χ0v) is 31.9. The molecule has 1 aliphatic carbocycles. The summed E-state index contributed by atoms with van der Waals surface area (Å²) >= 11 is 0. The van der Waals surface area contributed by atoms with Crippen molar-refractivity contribution >= 4 is 27.8 Å². The molecule has 0 spiro atoms. The highest BCUT2D eigenvalue weighted by molar-refractivity contribution is 6.01. The number of hydrogen-bond acceptors (Lipinski definition) is 2. The molecule has 1 aliphatic heterocycles. The molecular weight excluding hydrogens is 691 g/mol. The minimum absolute atomic E-state index is 0.136. The van der Waals surface area contributed by atoms with Crippen LogP contribution in [-0.2, 0) is 5.41 Å². The highest BCUT2D eigenvalue weighted by Crippen LogP contribution is 2.53. The predicted octanol–water partition coefficient (Wildman–Crippen LogP) is 15.4. The van der Waals surface area contributed by atoms with Gasteiger partial charge >= 0.3 is 0 Å². The van der Waals surface area contributed by atoms with Crippen molar-refractivity contribution in [2.24, 2.45) is 0 Å². The first kappa shape index (κ1) is 33.2. The average Bonchev–Trinajstić information content (AvgIpc) is 3.40. The molecule has 0 fully saturated rings. The van der Waals surface area contributed by atoms with E-state index in [2.05, 4.69) is 219 Å². The molecule has 1 heterocycles. The van der Waals surface area contributed by atoms with Gasteiger partial charge in [-0.25, -0.2) is 0 Å². The summed E-state index contributed by atoms with van der Waals surface area (Å²) in [6, 6.07) is 72.6. The number of anilines is 3. The monoisotopic (exact) mass is 729 g/mol. The maximum atomic E-state index is 7.15. The van der Waals surface area contributed by atoms with Gasteiger partial charge in [-0.3, -0.25) is 0 Å². The molecule has 0 N–H and O–H groups in total. The Morgan fingerprint density at radius 2 is 0.842 bits per heavy atom. The van der Waals surface area contributed by atoms with Gasteiger partial charge in [-0.15, -0.1) is 0 Å². The molecule has 9 aromatic rings. The molecule has 0 amide bonds. The molecule has 9 aromatic carbocycles. The zero-order chi connectivity index (χ0) is 38.1. The Kier molecular flexibility index (Phi) is 7.55. The van der Waals surface area contributed by atoms with Crippen molar-refractivity contribution in [2.75, 3.05) is 4.90 Å². The van der Waals surface area contributed by atoms with Gasteiger partial charge in [-0.2, -0.15) is 0 Å². The molecule has 0 bridgehead atoms. The number of nitrogens with zero attached hydrogens (tertiary/aromatic N) is 1. The SMILES string of the molecule is CC1(C)c2ccccc2-c2ccc(N(c3cccc(-c4ccccc4)c3)c3ccc4c(c3)Oc3cc(-c5ccccc5)ccc3-c3cc5ccccc5cc3-4)cc21. The van der Waals surface area contributed by atoms with E-state index in [1.807, 2.05) is 0 Å². The van der Waals surface area contributed by atoms with Gasteiger partial charge in [0.1, 0.15) is 11.5 Å². The molecular formula is C55H39NO. The summed E-state index contributed by atoms with van der Waals surface area (Å²) in [5.41, 5.74) is 17.5. The van der Waals surface area contributed by atoms with Crippen molar-refractivity contribution in [3.63, 3.8) is 0 Å². The average molecular weight is 730 g/mol. The van der Waals surface area contributed by atoms with E-state index in [1.54, 1.807) is 0 Å². The highest BCUT2D eigenvalue weighted by atomic mass is 16.5. The second-order valence-electron chi connectivity index (χ2n) is 15.8. The summed E-state index contributed by atoms with van der Waals surface area (Å²) in [7, 11) is 0. The fourth-order valence-corrected chi connectivity index (χ4v) is 9.13. The van der Waals surface area contributed by atoms with Gasteiger partial charge in [0.15, 0.2) is 0 Å². The fraction of sp³-hybridized carbons (Fsp3) is 0.0545. The van der Waals surface area contributed by atoms with Crippen LogP contribution in [-0.4, -0.2) is 0 Å². The van der Waals surface area contributed by atoms with Crippen LogP contribution >= 0.6 is 0 Å². The van der Waals surface area contributed by atoms with Crippen molar-refractivity contribution < 1.29 is 4.74 Å². The van der Waals surface area contributed by atoms with Crippen LogP contribution in [0.1, 0.15) is 25.0 Å². The van der Waals surface area contributed by atoms with Gasteiger partial charge in [0.25, 0.3) is 0 Å². The zero-order valence-electron chi connectivity index (χ0n) is 31.9. The van der Waals surface area contributed by atoms with E-state index < -0.39 is 0 Å². The van der Waals surface area contributed by atoms with Gasteiger partial charge in [0.2, 0.25) is 0 Å².